The van der Waals surface area contributed by atoms with Crippen molar-refractivity contribution in [3.8, 4) is 0 Å². The van der Waals surface area contributed by atoms with Crippen LogP contribution in [0.1, 0.15) is 116 Å². The molecule has 28 N–H and O–H groups in total. The number of amides is 14. The summed E-state index contributed by atoms with van der Waals surface area (Å²) >= 11 is 0. The molecule has 38 nitrogen and oxygen atoms in total. The van der Waals surface area contributed by atoms with E-state index in [1.807, 2.05) is 0 Å². The van der Waals surface area contributed by atoms with E-state index in [-0.39, 0.29) is 136 Å². The van der Waals surface area contributed by atoms with E-state index in [0.717, 1.165) is 4.90 Å². The topological polar surface area (TPSA) is 618 Å². The molecule has 3 fully saturated rings. The number of hydrogen-bond acceptors (Lipinski definition) is 22. The number of para-hydroxylation sites is 2. The molecule has 7 rings (SSSR count). The Hall–Kier alpha value is -10.2. The van der Waals surface area contributed by atoms with E-state index in [9.17, 15) is 77.3 Å². The summed E-state index contributed by atoms with van der Waals surface area (Å²) in [5.41, 5.74) is 38.4. The van der Waals surface area contributed by atoms with Crippen LogP contribution in [0.25, 0.3) is 21.8 Å². The summed E-state index contributed by atoms with van der Waals surface area (Å²) in [5.74, 6) is -13.4. The van der Waals surface area contributed by atoms with Crippen LogP contribution < -0.4 is 98.2 Å². The lowest BCUT2D eigenvalue weighted by Crippen LogP contribution is -2.63. The predicted octanol–water partition coefficient (Wildman–Crippen LogP) is -6.83. The predicted molar refractivity (Wildman–Crippen MR) is 407 cm³/mol. The second-order valence-corrected chi connectivity index (χ2v) is 28.4. The Morgan fingerprint density at radius 3 is 1.18 bits per heavy atom. The number of aromatic nitrogens is 2. The van der Waals surface area contributed by atoms with Gasteiger partial charge in [0.2, 0.25) is 82.7 Å². The van der Waals surface area contributed by atoms with Crippen molar-refractivity contribution in [2.24, 2.45) is 40.3 Å². The van der Waals surface area contributed by atoms with Crippen LogP contribution in [0.2, 0.25) is 0 Å². The summed E-state index contributed by atoms with van der Waals surface area (Å²) in [6.07, 6.45) is 1.13. The summed E-state index contributed by atoms with van der Waals surface area (Å²) in [6, 6.07) is -6.52. The first-order chi connectivity index (χ1) is 53.1. The first-order valence-electron chi connectivity index (χ1n) is 38.0. The van der Waals surface area contributed by atoms with Gasteiger partial charge in [-0.05, 0) is 153 Å². The Labute approximate surface area is 642 Å². The number of nitrogens with two attached hydrogens (primary N) is 6. The van der Waals surface area contributed by atoms with Crippen molar-refractivity contribution in [2.45, 2.75) is 208 Å². The molecular weight excluding hydrogens is 1440 g/mol. The Kier molecular flexibility index (Phi) is 34.0. The second-order valence-electron chi connectivity index (χ2n) is 28.4. The van der Waals surface area contributed by atoms with Crippen LogP contribution in [0.15, 0.2) is 60.9 Å². The molecule has 3 saturated heterocycles. The van der Waals surface area contributed by atoms with Crippen LogP contribution in [0.5, 0.6) is 0 Å². The molecule has 5 heterocycles. The number of aliphatic hydroxyl groups is 2. The molecule has 2 aromatic heterocycles. The van der Waals surface area contributed by atoms with Crippen LogP contribution in [0, 0.1) is 5.92 Å². The maximum Gasteiger partial charge on any atom is 0.248 e. The van der Waals surface area contributed by atoms with Crippen molar-refractivity contribution in [1.82, 2.24) is 83.6 Å². The maximum atomic E-state index is 15.0. The molecule has 0 saturated carbocycles. The number of aliphatic hydroxyl groups excluding tert-OH is 2. The molecule has 0 spiro atoms. The zero-order valence-electron chi connectivity index (χ0n) is 63.2. The average Bonchev–Trinajstić information content (AvgIpc) is 1.69. The van der Waals surface area contributed by atoms with Crippen LogP contribution >= 0.6 is 0 Å². The third-order valence-electron chi connectivity index (χ3n) is 20.3. The standard InChI is InChI=1S/C73H112N22O16/c1-5-38(2)58-70(108)88-52(24-30-79)65(103)83-47(17-10-25-74)62(100)85-49(21-27-76)63(101)86-51(23-29-78)66(104)89-53(33-41-35-80-45-15-8-6-13-43(41)45)67(105)87-50(22-28-77)64(102)84-48(20-26-75)61(99)82-39(3)60(98)91-55(37-96)72(110)95-32-12-19-57(95)73(111)94-31-11-18-56(94)69(107)93-59(40(4)97)71(109)90-54(68(106)92-58)34-42-36-81-46-16-9-7-14-44(42)46/h6-9,13-16,35-36,38-40,47-59,80-81,96-97H,5,10-12,17-34,37,74-79H2,1-4H3,(H,82,99)(H,83,103)(H,84,102)(H,85,100)(H,86,101)(H,87,105)(H,88,108)(H,89,104)(H,90,109)(H,91,98)(H,92,106)(H,93,107)/t38-,39-,40+,47-,48-,49+,50-,51-,52-,53-,54-,55-,56?,57+,58-,59-/m0/s1. The lowest BCUT2D eigenvalue weighted by Gasteiger charge is -2.33. The van der Waals surface area contributed by atoms with Crippen molar-refractivity contribution in [3.05, 3.63) is 72.1 Å². The van der Waals surface area contributed by atoms with E-state index < -0.39 is 186 Å². The Morgan fingerprint density at radius 1 is 0.405 bits per heavy atom. The summed E-state index contributed by atoms with van der Waals surface area (Å²) in [6.45, 7) is 3.97. The van der Waals surface area contributed by atoms with Gasteiger partial charge >= 0.3 is 0 Å². The minimum Gasteiger partial charge on any atom is -0.394 e. The maximum absolute atomic E-state index is 15.0. The number of benzene rings is 2. The number of H-pyrrole nitrogens is 2. The van der Waals surface area contributed by atoms with Crippen molar-refractivity contribution in [1.29, 1.82) is 0 Å². The number of carbonyl (C=O) groups is 14. The number of carbonyl (C=O) groups excluding carboxylic acids is 14. The number of fused-ring (bicyclic) bond motifs is 4. The largest absolute Gasteiger partial charge is 0.394 e. The Balaban J connectivity index is 1.23. The third kappa shape index (κ3) is 23.7. The fourth-order valence-electron chi connectivity index (χ4n) is 13.8. The molecule has 38 heteroatoms. The highest BCUT2D eigenvalue weighted by Crippen LogP contribution is 2.27. The van der Waals surface area contributed by atoms with Crippen molar-refractivity contribution in [3.63, 3.8) is 0 Å². The number of hydrogen-bond donors (Lipinski definition) is 22. The van der Waals surface area contributed by atoms with E-state index in [1.165, 1.54) is 18.7 Å². The van der Waals surface area contributed by atoms with Crippen LogP contribution in [-0.2, 0) is 80.0 Å². The fraction of sp³-hybridized carbons (Fsp3) is 0.589. The lowest BCUT2D eigenvalue weighted by molar-refractivity contribution is -0.148. The Bertz CT molecular complexity index is 3910. The normalized spacial score (nSPS) is 27.1. The van der Waals surface area contributed by atoms with Gasteiger partial charge in [-0.1, -0.05) is 56.7 Å². The first-order valence-corrected chi connectivity index (χ1v) is 38.0. The molecule has 111 heavy (non-hydrogen) atoms. The summed E-state index contributed by atoms with van der Waals surface area (Å²) < 4.78 is 0. The molecule has 0 radical (unpaired) electrons. The van der Waals surface area contributed by atoms with Gasteiger partial charge in [0.05, 0.1) is 12.7 Å². The van der Waals surface area contributed by atoms with Crippen molar-refractivity contribution in [2.75, 3.05) is 59.0 Å². The molecule has 1 unspecified atom stereocenters. The molecule has 610 valence electrons. The molecule has 2 aromatic carbocycles. The molecule has 4 aromatic rings. The van der Waals surface area contributed by atoms with Gasteiger partial charge in [0.1, 0.15) is 84.6 Å². The third-order valence-corrected chi connectivity index (χ3v) is 20.3. The number of nitrogens with zero attached hydrogens (tertiary/aromatic N) is 2. The smallest absolute Gasteiger partial charge is 0.248 e. The van der Waals surface area contributed by atoms with Gasteiger partial charge in [0.25, 0.3) is 0 Å². The highest BCUT2D eigenvalue weighted by molar-refractivity contribution is 6.02. The zero-order valence-corrected chi connectivity index (χ0v) is 63.2. The molecular formula is C73H112N22O16. The number of nitrogens with one attached hydrogen (secondary N) is 14. The van der Waals surface area contributed by atoms with Gasteiger partial charge in [-0.2, -0.15) is 0 Å². The van der Waals surface area contributed by atoms with E-state index >= 15 is 0 Å². The summed E-state index contributed by atoms with van der Waals surface area (Å²) in [5, 5.41) is 54.6. The molecule has 0 bridgehead atoms. The highest BCUT2D eigenvalue weighted by atomic mass is 16.3. The minimum absolute atomic E-state index is 0.0147. The van der Waals surface area contributed by atoms with Gasteiger partial charge in [-0.15, -0.1) is 0 Å². The molecule has 3 aliphatic rings. The highest BCUT2D eigenvalue weighted by Gasteiger charge is 2.46. The lowest BCUT2D eigenvalue weighted by atomic mass is 9.96. The Morgan fingerprint density at radius 2 is 0.757 bits per heavy atom. The number of rotatable bonds is 21. The zero-order chi connectivity index (χ0) is 81.2. The van der Waals surface area contributed by atoms with Gasteiger partial charge in [0.15, 0.2) is 0 Å². The summed E-state index contributed by atoms with van der Waals surface area (Å²) in [7, 11) is 0. The monoisotopic (exact) mass is 1550 g/mol. The van der Waals surface area contributed by atoms with Gasteiger partial charge < -0.3 is 128 Å². The quantitative estimate of drug-likeness (QED) is 0.0369. The minimum atomic E-state index is -1.77. The molecule has 0 aliphatic carbocycles. The van der Waals surface area contributed by atoms with Crippen LogP contribution in [0.4, 0.5) is 0 Å². The van der Waals surface area contributed by atoms with Crippen LogP contribution in [-0.4, -0.2) is 262 Å². The van der Waals surface area contributed by atoms with E-state index in [0.29, 0.717) is 39.4 Å². The SMILES string of the molecule is CC[C@H](C)[C@@H]1NC(=O)[C@H](Cc2c[nH]c3ccccc23)NC(=O)[C@H]([C@@H](C)O)NC(=O)C2CCCN2C(=O)[C@H]2CCCN2C(=O)[C@H](CO)NC(=O)[C@H](C)NC(=O)[C@H](CCN)NC(=O)[C@H](CCN)NC(=O)[C@H](Cc2c[nH]c3ccccc23)NC(=O)[C@H](CCN)NC(=O)[C@@H](CCN)NC(=O)[C@H](CCCN)NC(=O)[C@H](CCN)NC1=O. The van der Waals surface area contributed by atoms with E-state index in [4.69, 9.17) is 34.4 Å². The van der Waals surface area contributed by atoms with Crippen molar-refractivity contribution >= 4 is 105 Å². The van der Waals surface area contributed by atoms with Crippen molar-refractivity contribution < 1.29 is 77.3 Å². The number of aromatic amines is 2. The summed E-state index contributed by atoms with van der Waals surface area (Å²) in [4.78, 5) is 212. The molecule has 16 atom stereocenters. The fourth-order valence-corrected chi connectivity index (χ4v) is 13.8. The molecule has 3 aliphatic heterocycles. The average molecular weight is 1550 g/mol. The van der Waals surface area contributed by atoms with E-state index in [2.05, 4.69) is 73.8 Å². The molecule has 14 amide bonds. The van der Waals surface area contributed by atoms with Crippen LogP contribution in [0.3, 0.4) is 0 Å². The van der Waals surface area contributed by atoms with E-state index in [1.54, 1.807) is 74.8 Å². The van der Waals surface area contributed by atoms with Gasteiger partial charge in [0, 0.05) is 60.1 Å². The van der Waals surface area contributed by atoms with Gasteiger partial charge in [-0.3, -0.25) is 67.1 Å². The first kappa shape index (κ1) is 88.0. The van der Waals surface area contributed by atoms with Gasteiger partial charge in [-0.25, -0.2) is 0 Å². The second kappa shape index (κ2) is 42.8.